The number of rotatable bonds is 3. The van der Waals surface area contributed by atoms with Gasteiger partial charge in [-0.15, -0.1) is 0 Å². The summed E-state index contributed by atoms with van der Waals surface area (Å²) < 4.78 is 5.08. The number of aromatic nitrogens is 2. The minimum atomic E-state index is 0.427. The van der Waals surface area contributed by atoms with Crippen LogP contribution < -0.4 is 10.5 Å². The zero-order chi connectivity index (χ0) is 12.3. The molecular formula is C13H15N3O. The number of nitrogen functional groups attached to an aromatic ring is 1. The Bertz CT molecular complexity index is 512. The SMILES string of the molecule is COc1nc(N)c(Cc2ccccc2)nc1C. The normalized spacial score (nSPS) is 10.2. The molecule has 0 unspecified atom stereocenters. The van der Waals surface area contributed by atoms with Gasteiger partial charge in [0.05, 0.1) is 18.5 Å². The van der Waals surface area contributed by atoms with E-state index in [1.165, 1.54) is 0 Å². The van der Waals surface area contributed by atoms with Crippen LogP contribution in [-0.4, -0.2) is 17.1 Å². The van der Waals surface area contributed by atoms with Crippen molar-refractivity contribution in [1.82, 2.24) is 9.97 Å². The van der Waals surface area contributed by atoms with Crippen LogP contribution in [0, 0.1) is 6.92 Å². The number of benzene rings is 1. The van der Waals surface area contributed by atoms with Crippen molar-refractivity contribution < 1.29 is 4.74 Å². The molecule has 0 bridgehead atoms. The first-order chi connectivity index (χ1) is 8.20. The van der Waals surface area contributed by atoms with Crippen molar-refractivity contribution in [2.45, 2.75) is 13.3 Å². The van der Waals surface area contributed by atoms with Crippen molar-refractivity contribution in [2.75, 3.05) is 12.8 Å². The highest BCUT2D eigenvalue weighted by Crippen LogP contribution is 2.18. The molecule has 1 aromatic heterocycles. The minimum absolute atomic E-state index is 0.427. The second-order valence-corrected chi connectivity index (χ2v) is 3.81. The van der Waals surface area contributed by atoms with Gasteiger partial charge in [-0.05, 0) is 12.5 Å². The number of anilines is 1. The lowest BCUT2D eigenvalue weighted by atomic mass is 10.1. The Kier molecular flexibility index (Phi) is 3.23. The number of hydrogen-bond acceptors (Lipinski definition) is 4. The molecule has 1 heterocycles. The summed E-state index contributed by atoms with van der Waals surface area (Å²) in [5.41, 5.74) is 8.57. The number of nitrogens with two attached hydrogens (primary N) is 1. The average molecular weight is 229 g/mol. The summed E-state index contributed by atoms with van der Waals surface area (Å²) in [6.07, 6.45) is 0.685. The molecule has 2 rings (SSSR count). The first kappa shape index (κ1) is 11.4. The quantitative estimate of drug-likeness (QED) is 0.874. The standard InChI is InChI=1S/C13H15N3O/c1-9-13(17-2)16-12(14)11(15-9)8-10-6-4-3-5-7-10/h3-7H,8H2,1-2H3,(H2,14,16). The first-order valence-corrected chi connectivity index (χ1v) is 5.41. The third-order valence-electron chi connectivity index (χ3n) is 2.54. The molecule has 0 aliphatic heterocycles. The fraction of sp³-hybridized carbons (Fsp3) is 0.231. The van der Waals surface area contributed by atoms with Crippen LogP contribution in [0.25, 0.3) is 0 Å². The Morgan fingerprint density at radius 3 is 2.53 bits per heavy atom. The second kappa shape index (κ2) is 4.82. The number of nitrogens with zero attached hydrogens (tertiary/aromatic N) is 2. The molecule has 2 aromatic rings. The van der Waals surface area contributed by atoms with Gasteiger partial charge in [0, 0.05) is 6.42 Å². The van der Waals surface area contributed by atoms with Crippen molar-refractivity contribution in [3.8, 4) is 5.88 Å². The molecule has 0 spiro atoms. The van der Waals surface area contributed by atoms with Crippen molar-refractivity contribution in [3.05, 3.63) is 47.3 Å². The highest BCUT2D eigenvalue weighted by atomic mass is 16.5. The zero-order valence-corrected chi connectivity index (χ0v) is 9.97. The van der Waals surface area contributed by atoms with Crippen molar-refractivity contribution in [1.29, 1.82) is 0 Å². The van der Waals surface area contributed by atoms with Gasteiger partial charge >= 0.3 is 0 Å². The first-order valence-electron chi connectivity index (χ1n) is 5.41. The summed E-state index contributed by atoms with van der Waals surface area (Å²) in [7, 11) is 1.56. The van der Waals surface area contributed by atoms with Gasteiger partial charge in [0.2, 0.25) is 5.88 Å². The van der Waals surface area contributed by atoms with Crippen molar-refractivity contribution >= 4 is 5.82 Å². The lowest BCUT2D eigenvalue weighted by Crippen LogP contribution is -2.06. The molecule has 0 atom stereocenters. The van der Waals surface area contributed by atoms with E-state index in [2.05, 4.69) is 9.97 Å². The van der Waals surface area contributed by atoms with E-state index in [1.54, 1.807) is 7.11 Å². The van der Waals surface area contributed by atoms with Crippen LogP contribution in [0.15, 0.2) is 30.3 Å². The topological polar surface area (TPSA) is 61.0 Å². The molecule has 0 radical (unpaired) electrons. The molecule has 88 valence electrons. The number of methoxy groups -OCH3 is 1. The third-order valence-corrected chi connectivity index (χ3v) is 2.54. The Morgan fingerprint density at radius 2 is 1.88 bits per heavy atom. The average Bonchev–Trinajstić information content (AvgIpc) is 2.34. The summed E-state index contributed by atoms with van der Waals surface area (Å²) in [5.74, 6) is 0.913. The molecule has 0 saturated heterocycles. The zero-order valence-electron chi connectivity index (χ0n) is 9.97. The van der Waals surface area contributed by atoms with E-state index in [-0.39, 0.29) is 0 Å². The highest BCUT2D eigenvalue weighted by Gasteiger charge is 2.09. The molecule has 4 heteroatoms. The molecule has 0 aliphatic rings. The Hall–Kier alpha value is -2.10. The van der Waals surface area contributed by atoms with Crippen LogP contribution in [0.4, 0.5) is 5.82 Å². The molecule has 1 aromatic carbocycles. The van der Waals surface area contributed by atoms with Gasteiger partial charge in [0.25, 0.3) is 0 Å². The van der Waals surface area contributed by atoms with Gasteiger partial charge in [-0.1, -0.05) is 30.3 Å². The van der Waals surface area contributed by atoms with Gasteiger partial charge in [0.15, 0.2) is 0 Å². The van der Waals surface area contributed by atoms with E-state index < -0.39 is 0 Å². The monoisotopic (exact) mass is 229 g/mol. The molecule has 0 amide bonds. The predicted octanol–water partition coefficient (Wildman–Crippen LogP) is 1.97. The van der Waals surface area contributed by atoms with Crippen molar-refractivity contribution in [3.63, 3.8) is 0 Å². The summed E-state index contributed by atoms with van der Waals surface area (Å²) in [4.78, 5) is 8.61. The lowest BCUT2D eigenvalue weighted by Gasteiger charge is -2.08. The number of aryl methyl sites for hydroxylation is 1. The van der Waals surface area contributed by atoms with Crippen molar-refractivity contribution in [2.24, 2.45) is 0 Å². The van der Waals surface area contributed by atoms with Crippen LogP contribution in [-0.2, 0) is 6.42 Å². The molecule has 17 heavy (non-hydrogen) atoms. The predicted molar refractivity (Wildman–Crippen MR) is 67.0 cm³/mol. The fourth-order valence-electron chi connectivity index (χ4n) is 1.68. The maximum Gasteiger partial charge on any atom is 0.237 e. The minimum Gasteiger partial charge on any atom is -0.480 e. The summed E-state index contributed by atoms with van der Waals surface area (Å²) in [6.45, 7) is 1.86. The van der Waals surface area contributed by atoms with E-state index in [0.29, 0.717) is 18.1 Å². The van der Waals surface area contributed by atoms with Gasteiger partial charge in [-0.2, -0.15) is 4.98 Å². The van der Waals surface area contributed by atoms with Gasteiger partial charge < -0.3 is 10.5 Å². The highest BCUT2D eigenvalue weighted by molar-refractivity contribution is 5.41. The molecule has 2 N–H and O–H groups in total. The lowest BCUT2D eigenvalue weighted by molar-refractivity contribution is 0.392. The second-order valence-electron chi connectivity index (χ2n) is 3.81. The van der Waals surface area contributed by atoms with Gasteiger partial charge in [0.1, 0.15) is 5.82 Å². The summed E-state index contributed by atoms with van der Waals surface area (Å²) >= 11 is 0. The van der Waals surface area contributed by atoms with Gasteiger partial charge in [-0.25, -0.2) is 4.98 Å². The Morgan fingerprint density at radius 1 is 1.18 bits per heavy atom. The number of hydrogen-bond donors (Lipinski definition) is 1. The molecule has 0 aliphatic carbocycles. The van der Waals surface area contributed by atoms with Crippen LogP contribution in [0.2, 0.25) is 0 Å². The maximum absolute atomic E-state index is 5.86. The largest absolute Gasteiger partial charge is 0.480 e. The third kappa shape index (κ3) is 2.53. The molecule has 0 fully saturated rings. The Balaban J connectivity index is 2.31. The van der Waals surface area contributed by atoms with E-state index in [9.17, 15) is 0 Å². The fourth-order valence-corrected chi connectivity index (χ4v) is 1.68. The summed E-state index contributed by atoms with van der Waals surface area (Å²) in [6, 6.07) is 10.1. The summed E-state index contributed by atoms with van der Waals surface area (Å²) in [5, 5.41) is 0. The molecule has 0 saturated carbocycles. The van der Waals surface area contributed by atoms with Gasteiger partial charge in [-0.3, -0.25) is 0 Å². The van der Waals surface area contributed by atoms with E-state index in [0.717, 1.165) is 17.0 Å². The van der Waals surface area contributed by atoms with E-state index in [4.69, 9.17) is 10.5 Å². The van der Waals surface area contributed by atoms with Crippen LogP contribution in [0.1, 0.15) is 17.0 Å². The van der Waals surface area contributed by atoms with Crippen LogP contribution >= 0.6 is 0 Å². The smallest absolute Gasteiger partial charge is 0.237 e. The van der Waals surface area contributed by atoms with Crippen LogP contribution in [0.3, 0.4) is 0 Å². The Labute approximate surface area is 100 Å². The number of ether oxygens (including phenoxy) is 1. The molecular weight excluding hydrogens is 214 g/mol. The van der Waals surface area contributed by atoms with E-state index >= 15 is 0 Å². The van der Waals surface area contributed by atoms with E-state index in [1.807, 2.05) is 37.3 Å². The maximum atomic E-state index is 5.86. The van der Waals surface area contributed by atoms with Crippen LogP contribution in [0.5, 0.6) is 5.88 Å². The molecule has 4 nitrogen and oxygen atoms in total.